The van der Waals surface area contributed by atoms with E-state index >= 15 is 0 Å². The molecule has 1 rings (SSSR count). The van der Waals surface area contributed by atoms with Crippen LogP contribution in [-0.4, -0.2) is 32.4 Å². The van der Waals surface area contributed by atoms with E-state index in [0.717, 1.165) is 0 Å². The van der Waals surface area contributed by atoms with Crippen molar-refractivity contribution in [2.24, 2.45) is 0 Å². The van der Waals surface area contributed by atoms with Crippen LogP contribution in [-0.2, 0) is 26.2 Å². The zero-order chi connectivity index (χ0) is 20.6. The summed E-state index contributed by atoms with van der Waals surface area (Å²) in [5.74, 6) is 0. The second-order valence-corrected chi connectivity index (χ2v) is 8.50. The lowest BCUT2D eigenvalue weighted by Gasteiger charge is -2.17. The molecule has 1 aromatic rings. The molecule has 154 valence electrons. The van der Waals surface area contributed by atoms with Crippen LogP contribution in [0.2, 0.25) is 0 Å². The van der Waals surface area contributed by atoms with Crippen molar-refractivity contribution in [2.45, 2.75) is 40.2 Å². The topological polar surface area (TPSA) is 121 Å². The molecule has 0 fully saturated rings. The van der Waals surface area contributed by atoms with Crippen molar-refractivity contribution in [1.29, 1.82) is 10.7 Å². The number of unbranched alkanes of at least 4 members (excludes halogenated alkanes) is 1. The number of hydrogen-bond acceptors (Lipinski definition) is 6. The first-order chi connectivity index (χ1) is 11.6. The van der Waals surface area contributed by atoms with Gasteiger partial charge in [0.25, 0.3) is 19.7 Å². The zero-order valence-corrected chi connectivity index (χ0v) is 15.2. The number of nitriles is 1. The monoisotopic (exact) mass is 461 g/mol. The van der Waals surface area contributed by atoms with Gasteiger partial charge in [-0.15, -0.1) is 12.4 Å². The number of aryl methyl sites for hydroxylation is 1. The standard InChI is InChI=1S/C11H9F6N3O4S2.ClH/c12-10(13,14)25(21,22)7-3-6-20(5-2-1-4-18)9(19)8(7)26(23,24)11(15,16)17;/h3,6,19H,1-2,5H2;1H. The maximum absolute atomic E-state index is 12.8. The molecule has 1 aromatic heterocycles. The highest BCUT2D eigenvalue weighted by Gasteiger charge is 2.54. The molecule has 0 aliphatic heterocycles. The molecule has 0 atom stereocenters. The molecule has 0 aromatic carbocycles. The molecular formula is C11H10ClF6N3O4S2. The molecule has 0 aliphatic carbocycles. The predicted molar refractivity (Wildman–Crippen MR) is 78.9 cm³/mol. The van der Waals surface area contributed by atoms with Crippen LogP contribution in [0.1, 0.15) is 12.8 Å². The summed E-state index contributed by atoms with van der Waals surface area (Å²) in [4.78, 5) is -4.51. The van der Waals surface area contributed by atoms with Crippen molar-refractivity contribution in [3.05, 3.63) is 17.8 Å². The SMILES string of the molecule is Cl.N#CCCCn1ccc(S(=O)(=O)C(F)(F)F)c(S(=O)(=O)C(F)(F)F)c1=N. The summed E-state index contributed by atoms with van der Waals surface area (Å²) < 4.78 is 123. The van der Waals surface area contributed by atoms with Crippen molar-refractivity contribution < 1.29 is 43.2 Å². The lowest BCUT2D eigenvalue weighted by atomic mass is 10.3. The number of rotatable bonds is 5. The first-order valence-corrected chi connectivity index (χ1v) is 9.33. The van der Waals surface area contributed by atoms with Gasteiger partial charge in [0, 0.05) is 19.2 Å². The Balaban J connectivity index is 0.00000676. The quantitative estimate of drug-likeness (QED) is 0.532. The van der Waals surface area contributed by atoms with Gasteiger partial charge < -0.3 is 4.57 Å². The Morgan fingerprint density at radius 3 is 1.93 bits per heavy atom. The number of sulfone groups is 2. The van der Waals surface area contributed by atoms with E-state index in [9.17, 15) is 43.2 Å². The molecule has 1 N–H and O–H groups in total. The van der Waals surface area contributed by atoms with E-state index in [1.807, 2.05) is 0 Å². The fraction of sp³-hybridized carbons (Fsp3) is 0.455. The average Bonchev–Trinajstić information content (AvgIpc) is 2.46. The Morgan fingerprint density at radius 2 is 1.52 bits per heavy atom. The first-order valence-electron chi connectivity index (χ1n) is 6.36. The van der Waals surface area contributed by atoms with Crippen molar-refractivity contribution in [2.75, 3.05) is 0 Å². The number of aromatic nitrogens is 1. The highest BCUT2D eigenvalue weighted by Crippen LogP contribution is 2.37. The van der Waals surface area contributed by atoms with Crippen LogP contribution in [0.3, 0.4) is 0 Å². The van der Waals surface area contributed by atoms with Crippen LogP contribution in [0, 0.1) is 16.7 Å². The van der Waals surface area contributed by atoms with Crippen LogP contribution in [0.4, 0.5) is 26.3 Å². The third-order valence-electron chi connectivity index (χ3n) is 2.99. The van der Waals surface area contributed by atoms with Gasteiger partial charge in [-0.05, 0) is 12.5 Å². The van der Waals surface area contributed by atoms with Crippen LogP contribution < -0.4 is 5.49 Å². The molecule has 0 saturated carbocycles. The second-order valence-electron chi connectivity index (χ2n) is 4.71. The number of halogens is 7. The molecule has 0 bridgehead atoms. The van der Waals surface area contributed by atoms with Gasteiger partial charge in [0.2, 0.25) is 0 Å². The van der Waals surface area contributed by atoms with Crippen molar-refractivity contribution in [3.8, 4) is 6.07 Å². The molecule has 1 heterocycles. The normalized spacial score (nSPS) is 12.9. The van der Waals surface area contributed by atoms with Gasteiger partial charge in [0.1, 0.15) is 15.3 Å². The van der Waals surface area contributed by atoms with Crippen molar-refractivity contribution >= 4 is 32.1 Å². The van der Waals surface area contributed by atoms with Gasteiger partial charge in [0.15, 0.2) is 0 Å². The maximum atomic E-state index is 12.8. The summed E-state index contributed by atoms with van der Waals surface area (Å²) in [6.45, 7) is -0.390. The number of nitrogens with zero attached hydrogens (tertiary/aromatic N) is 2. The van der Waals surface area contributed by atoms with Crippen LogP contribution in [0.25, 0.3) is 0 Å². The summed E-state index contributed by atoms with van der Waals surface area (Å²) in [6, 6.07) is 1.70. The van der Waals surface area contributed by atoms with Crippen LogP contribution in [0.5, 0.6) is 0 Å². The lowest BCUT2D eigenvalue weighted by molar-refractivity contribution is -0.0457. The summed E-state index contributed by atoms with van der Waals surface area (Å²) in [6.07, 6.45) is 0.327. The summed E-state index contributed by atoms with van der Waals surface area (Å²) in [5.41, 5.74) is -13.8. The lowest BCUT2D eigenvalue weighted by Crippen LogP contribution is -2.36. The minimum absolute atomic E-state index is 0. The number of pyridine rings is 1. The second kappa shape index (κ2) is 8.07. The van der Waals surface area contributed by atoms with Gasteiger partial charge in [-0.2, -0.15) is 31.6 Å². The Labute approximate surface area is 155 Å². The molecule has 0 spiro atoms. The van der Waals surface area contributed by atoms with E-state index in [0.29, 0.717) is 10.8 Å². The Bertz CT molecular complexity index is 1010. The van der Waals surface area contributed by atoms with Crippen molar-refractivity contribution in [1.82, 2.24) is 4.57 Å². The molecule has 16 heteroatoms. The molecule has 0 amide bonds. The Morgan fingerprint density at radius 1 is 1.04 bits per heavy atom. The van der Waals surface area contributed by atoms with E-state index in [1.54, 1.807) is 6.07 Å². The van der Waals surface area contributed by atoms with Crippen LogP contribution >= 0.6 is 12.4 Å². The fourth-order valence-corrected chi connectivity index (χ4v) is 4.21. The minimum Gasteiger partial charge on any atom is -0.332 e. The molecular weight excluding hydrogens is 452 g/mol. The first kappa shape index (κ1) is 25.2. The Hall–Kier alpha value is -1.79. The number of hydrogen-bond donors (Lipinski definition) is 1. The Kier molecular flexibility index (Phi) is 7.53. The maximum Gasteiger partial charge on any atom is 0.502 e. The molecule has 0 radical (unpaired) electrons. The highest BCUT2D eigenvalue weighted by atomic mass is 35.5. The van der Waals surface area contributed by atoms with E-state index < -0.39 is 46.0 Å². The van der Waals surface area contributed by atoms with Gasteiger partial charge >= 0.3 is 11.0 Å². The van der Waals surface area contributed by atoms with Crippen molar-refractivity contribution in [3.63, 3.8) is 0 Å². The van der Waals surface area contributed by atoms with Gasteiger partial charge in [0.05, 0.1) is 6.07 Å². The number of nitrogens with one attached hydrogen (secondary N) is 1. The van der Waals surface area contributed by atoms with E-state index in [1.165, 1.54) is 0 Å². The molecule has 0 aliphatic rings. The smallest absolute Gasteiger partial charge is 0.332 e. The third-order valence-corrected chi connectivity index (χ3v) is 6.21. The van der Waals surface area contributed by atoms with E-state index in [2.05, 4.69) is 0 Å². The molecule has 27 heavy (non-hydrogen) atoms. The zero-order valence-electron chi connectivity index (χ0n) is 12.8. The predicted octanol–water partition coefficient (Wildman–Crippen LogP) is 2.28. The number of alkyl halides is 6. The average molecular weight is 462 g/mol. The third kappa shape index (κ3) is 4.74. The van der Waals surface area contributed by atoms with Gasteiger partial charge in [-0.1, -0.05) is 0 Å². The van der Waals surface area contributed by atoms with Gasteiger partial charge in [-0.3, -0.25) is 5.41 Å². The minimum atomic E-state index is -6.59. The summed E-state index contributed by atoms with van der Waals surface area (Å²) >= 11 is 0. The summed E-state index contributed by atoms with van der Waals surface area (Å²) in [7, 11) is -13.1. The molecule has 0 unspecified atom stereocenters. The van der Waals surface area contributed by atoms with E-state index in [4.69, 9.17) is 10.7 Å². The van der Waals surface area contributed by atoms with Gasteiger partial charge in [-0.25, -0.2) is 16.8 Å². The fourth-order valence-electron chi connectivity index (χ4n) is 1.78. The molecule has 0 saturated heterocycles. The highest BCUT2D eigenvalue weighted by molar-refractivity contribution is 7.95. The van der Waals surface area contributed by atoms with E-state index in [-0.39, 0.29) is 37.9 Å². The van der Waals surface area contributed by atoms with Crippen LogP contribution in [0.15, 0.2) is 22.1 Å². The molecule has 7 nitrogen and oxygen atoms in total. The summed E-state index contributed by atoms with van der Waals surface area (Å²) in [5, 5.41) is 15.9. The largest absolute Gasteiger partial charge is 0.502 e.